The van der Waals surface area contributed by atoms with Crippen LogP contribution in [0.5, 0.6) is 0 Å². The normalized spacial score (nSPS) is 14.4. The fraction of sp³-hybridized carbons (Fsp3) is 0.222. The molecule has 27 heavy (non-hydrogen) atoms. The van der Waals surface area contributed by atoms with Gasteiger partial charge in [-0.05, 0) is 52.9 Å². The zero-order chi connectivity index (χ0) is 18.8. The minimum Gasteiger partial charge on any atom is -0.368 e. The fourth-order valence-corrected chi connectivity index (χ4v) is 3.36. The number of hydrogen-bond donors (Lipinski definition) is 0. The highest BCUT2D eigenvalue weighted by Crippen LogP contribution is 2.28. The van der Waals surface area contributed by atoms with Crippen molar-refractivity contribution in [2.24, 2.45) is 0 Å². The molecule has 0 unspecified atom stereocenters. The van der Waals surface area contributed by atoms with Gasteiger partial charge in [-0.15, -0.1) is 5.10 Å². The summed E-state index contributed by atoms with van der Waals surface area (Å²) >= 11 is 12.1. The number of amides is 1. The van der Waals surface area contributed by atoms with Crippen molar-refractivity contribution < 1.29 is 4.79 Å². The maximum Gasteiger partial charge on any atom is 0.253 e. The number of halogens is 2. The second-order valence-corrected chi connectivity index (χ2v) is 6.99. The van der Waals surface area contributed by atoms with Crippen LogP contribution in [0.1, 0.15) is 10.4 Å². The van der Waals surface area contributed by atoms with E-state index in [0.717, 1.165) is 24.5 Å². The monoisotopic (exact) mass is 402 g/mol. The number of rotatable bonds is 3. The quantitative estimate of drug-likeness (QED) is 0.673. The van der Waals surface area contributed by atoms with E-state index < -0.39 is 0 Å². The summed E-state index contributed by atoms with van der Waals surface area (Å²) in [4.78, 5) is 16.8. The molecule has 1 aliphatic heterocycles. The van der Waals surface area contributed by atoms with Crippen LogP contribution in [-0.2, 0) is 0 Å². The van der Waals surface area contributed by atoms with Crippen molar-refractivity contribution in [3.8, 4) is 5.69 Å². The summed E-state index contributed by atoms with van der Waals surface area (Å²) in [5.74, 6) is 0.0204. The first-order valence-electron chi connectivity index (χ1n) is 8.44. The SMILES string of the molecule is O=C(c1ccc(-n2cnnn2)cc1)N1CCN(c2ccc(Cl)c(Cl)c2)CC1. The van der Waals surface area contributed by atoms with E-state index in [1.165, 1.54) is 6.33 Å². The Labute approximate surface area is 166 Å². The predicted octanol–water partition coefficient (Wildman–Crippen LogP) is 2.93. The maximum absolute atomic E-state index is 12.8. The van der Waals surface area contributed by atoms with Crippen LogP contribution in [0.25, 0.3) is 5.69 Å². The number of nitrogens with zero attached hydrogens (tertiary/aromatic N) is 6. The Morgan fingerprint density at radius 1 is 0.889 bits per heavy atom. The lowest BCUT2D eigenvalue weighted by molar-refractivity contribution is 0.0747. The van der Waals surface area contributed by atoms with Crippen molar-refractivity contribution >= 4 is 34.8 Å². The van der Waals surface area contributed by atoms with Gasteiger partial charge in [0.1, 0.15) is 6.33 Å². The first-order valence-corrected chi connectivity index (χ1v) is 9.20. The Morgan fingerprint density at radius 2 is 1.59 bits per heavy atom. The first-order chi connectivity index (χ1) is 13.1. The topological polar surface area (TPSA) is 67.2 Å². The second-order valence-electron chi connectivity index (χ2n) is 6.18. The summed E-state index contributed by atoms with van der Waals surface area (Å²) in [6.07, 6.45) is 1.51. The Morgan fingerprint density at radius 3 is 2.22 bits per heavy atom. The lowest BCUT2D eigenvalue weighted by Crippen LogP contribution is -2.48. The fourth-order valence-electron chi connectivity index (χ4n) is 3.07. The highest BCUT2D eigenvalue weighted by Gasteiger charge is 2.22. The third-order valence-electron chi connectivity index (χ3n) is 4.56. The summed E-state index contributed by atoms with van der Waals surface area (Å²) in [5.41, 5.74) is 2.47. The lowest BCUT2D eigenvalue weighted by atomic mass is 10.1. The molecule has 2 heterocycles. The molecule has 1 aliphatic rings. The molecule has 1 saturated heterocycles. The van der Waals surface area contributed by atoms with Crippen LogP contribution in [-0.4, -0.2) is 57.2 Å². The van der Waals surface area contributed by atoms with Crippen LogP contribution in [0.4, 0.5) is 5.69 Å². The van der Waals surface area contributed by atoms with Gasteiger partial charge in [-0.3, -0.25) is 4.79 Å². The van der Waals surface area contributed by atoms with Crippen molar-refractivity contribution in [1.29, 1.82) is 0 Å². The van der Waals surface area contributed by atoms with E-state index in [-0.39, 0.29) is 5.91 Å². The van der Waals surface area contributed by atoms with Gasteiger partial charge in [-0.2, -0.15) is 0 Å². The van der Waals surface area contributed by atoms with Crippen LogP contribution in [0.2, 0.25) is 10.0 Å². The van der Waals surface area contributed by atoms with Gasteiger partial charge >= 0.3 is 0 Å². The van der Waals surface area contributed by atoms with Gasteiger partial charge in [0.25, 0.3) is 5.91 Å². The molecule has 1 fully saturated rings. The van der Waals surface area contributed by atoms with E-state index >= 15 is 0 Å². The molecule has 7 nitrogen and oxygen atoms in total. The third kappa shape index (κ3) is 3.74. The second kappa shape index (κ2) is 7.54. The number of benzene rings is 2. The van der Waals surface area contributed by atoms with Gasteiger partial charge in [-0.1, -0.05) is 23.2 Å². The summed E-state index contributed by atoms with van der Waals surface area (Å²) in [6.45, 7) is 2.78. The van der Waals surface area contributed by atoms with Gasteiger partial charge in [0, 0.05) is 37.4 Å². The Balaban J connectivity index is 1.40. The zero-order valence-electron chi connectivity index (χ0n) is 14.3. The molecule has 9 heteroatoms. The Bertz CT molecular complexity index is 937. The molecule has 138 valence electrons. The van der Waals surface area contributed by atoms with E-state index in [0.29, 0.717) is 28.7 Å². The minimum atomic E-state index is 0.0204. The highest BCUT2D eigenvalue weighted by molar-refractivity contribution is 6.42. The molecular formula is C18H16Cl2N6O. The molecule has 1 amide bonds. The molecular weight excluding hydrogens is 387 g/mol. The highest BCUT2D eigenvalue weighted by atomic mass is 35.5. The van der Waals surface area contributed by atoms with E-state index in [1.807, 2.05) is 29.2 Å². The van der Waals surface area contributed by atoms with E-state index in [2.05, 4.69) is 20.4 Å². The van der Waals surface area contributed by atoms with Gasteiger partial charge in [0.15, 0.2) is 0 Å². The van der Waals surface area contributed by atoms with Gasteiger partial charge < -0.3 is 9.80 Å². The van der Waals surface area contributed by atoms with Gasteiger partial charge in [0.2, 0.25) is 0 Å². The number of carbonyl (C=O) groups excluding carboxylic acids is 1. The van der Waals surface area contributed by atoms with Crippen LogP contribution in [0.3, 0.4) is 0 Å². The van der Waals surface area contributed by atoms with Crippen molar-refractivity contribution in [3.63, 3.8) is 0 Å². The third-order valence-corrected chi connectivity index (χ3v) is 5.30. The minimum absolute atomic E-state index is 0.0204. The number of anilines is 1. The van der Waals surface area contributed by atoms with E-state index in [9.17, 15) is 4.79 Å². The lowest BCUT2D eigenvalue weighted by Gasteiger charge is -2.36. The average Bonchev–Trinajstić information content (AvgIpc) is 3.25. The van der Waals surface area contributed by atoms with Crippen molar-refractivity contribution in [2.75, 3.05) is 31.1 Å². The molecule has 4 rings (SSSR count). The Kier molecular flexibility index (Phi) is 4.96. The van der Waals surface area contributed by atoms with Crippen LogP contribution >= 0.6 is 23.2 Å². The first kappa shape index (κ1) is 17.8. The predicted molar refractivity (Wildman–Crippen MR) is 104 cm³/mol. The number of aromatic nitrogens is 4. The smallest absolute Gasteiger partial charge is 0.253 e. The summed E-state index contributed by atoms with van der Waals surface area (Å²) in [5, 5.41) is 12.1. The van der Waals surface area contributed by atoms with Gasteiger partial charge in [0.05, 0.1) is 15.7 Å². The maximum atomic E-state index is 12.8. The van der Waals surface area contributed by atoms with Crippen molar-refractivity contribution in [3.05, 3.63) is 64.4 Å². The molecule has 0 saturated carbocycles. The number of piperazine rings is 1. The van der Waals surface area contributed by atoms with E-state index in [4.69, 9.17) is 23.2 Å². The molecule has 3 aromatic rings. The molecule has 0 bridgehead atoms. The zero-order valence-corrected chi connectivity index (χ0v) is 15.8. The largest absolute Gasteiger partial charge is 0.368 e. The van der Waals surface area contributed by atoms with Crippen LogP contribution in [0.15, 0.2) is 48.8 Å². The molecule has 0 spiro atoms. The van der Waals surface area contributed by atoms with Crippen LogP contribution < -0.4 is 4.90 Å². The number of tetrazole rings is 1. The standard InChI is InChI=1S/C18H16Cl2N6O/c19-16-6-5-15(11-17(16)20)24-7-9-25(10-8-24)18(27)13-1-3-14(4-2-13)26-12-21-22-23-26/h1-6,11-12H,7-10H2. The molecule has 0 aliphatic carbocycles. The molecule has 2 aromatic carbocycles. The Hall–Kier alpha value is -2.64. The molecule has 0 N–H and O–H groups in total. The van der Waals surface area contributed by atoms with Crippen LogP contribution in [0, 0.1) is 0 Å². The number of carbonyl (C=O) groups is 1. The summed E-state index contributed by atoms with van der Waals surface area (Å²) < 4.78 is 1.55. The van der Waals surface area contributed by atoms with Gasteiger partial charge in [-0.25, -0.2) is 4.68 Å². The molecule has 0 radical (unpaired) electrons. The molecule has 0 atom stereocenters. The molecule has 1 aromatic heterocycles. The van der Waals surface area contributed by atoms with E-state index in [1.54, 1.807) is 22.9 Å². The number of hydrogen-bond acceptors (Lipinski definition) is 5. The van der Waals surface area contributed by atoms with Crippen molar-refractivity contribution in [2.45, 2.75) is 0 Å². The average molecular weight is 403 g/mol. The summed E-state index contributed by atoms with van der Waals surface area (Å²) in [6, 6.07) is 12.9. The summed E-state index contributed by atoms with van der Waals surface area (Å²) in [7, 11) is 0. The van der Waals surface area contributed by atoms with Crippen molar-refractivity contribution in [1.82, 2.24) is 25.1 Å².